The number of halogens is 2. The van der Waals surface area contributed by atoms with Crippen LogP contribution in [-0.4, -0.2) is 4.92 Å². The van der Waals surface area contributed by atoms with Crippen LogP contribution in [-0.2, 0) is 0 Å². The van der Waals surface area contributed by atoms with Gasteiger partial charge in [0.25, 0.3) is 0 Å². The first-order valence-electron chi connectivity index (χ1n) is 4.34. The Hall–Kier alpha value is -0.870. The van der Waals surface area contributed by atoms with Gasteiger partial charge in [0.2, 0.25) is 5.70 Å². The molecule has 0 saturated heterocycles. The largest absolute Gasteiger partial charge is 0.259 e. The summed E-state index contributed by atoms with van der Waals surface area (Å²) in [6, 6.07) is 5.19. The predicted molar refractivity (Wildman–Crippen MR) is 64.4 cm³/mol. The molecular formula is C10H9BrClNO2. The Bertz CT molecular complexity index is 418. The number of hydrogen-bond acceptors (Lipinski definition) is 2. The highest BCUT2D eigenvalue weighted by molar-refractivity contribution is 9.10. The van der Waals surface area contributed by atoms with E-state index in [9.17, 15) is 10.1 Å². The van der Waals surface area contributed by atoms with Gasteiger partial charge < -0.3 is 0 Å². The average molecular weight is 291 g/mol. The Balaban J connectivity index is 3.07. The van der Waals surface area contributed by atoms with Gasteiger partial charge in [0, 0.05) is 17.0 Å². The van der Waals surface area contributed by atoms with E-state index in [2.05, 4.69) is 15.9 Å². The number of hydrogen-bond donors (Lipinski definition) is 0. The Labute approximate surface area is 101 Å². The van der Waals surface area contributed by atoms with Crippen LogP contribution >= 0.6 is 27.5 Å². The Morgan fingerprint density at radius 1 is 1.67 bits per heavy atom. The molecule has 0 fully saturated rings. The molecule has 1 aromatic rings. The average Bonchev–Trinajstić information content (AvgIpc) is 2.19. The van der Waals surface area contributed by atoms with E-state index in [1.165, 1.54) is 0 Å². The fraction of sp³-hybridized carbons (Fsp3) is 0.200. The van der Waals surface area contributed by atoms with E-state index in [-0.39, 0.29) is 10.6 Å². The van der Waals surface area contributed by atoms with Crippen LogP contribution in [0.5, 0.6) is 0 Å². The molecule has 0 N–H and O–H groups in total. The highest BCUT2D eigenvalue weighted by Gasteiger charge is 2.07. The number of benzene rings is 1. The third-order valence-corrected chi connectivity index (χ3v) is 3.09. The molecule has 0 saturated carbocycles. The first kappa shape index (κ1) is 12.2. The lowest BCUT2D eigenvalue weighted by atomic mass is 10.2. The summed E-state index contributed by atoms with van der Waals surface area (Å²) in [5.74, 6) is 0. The SMILES string of the molecule is CC/C(=C/c1ccc(Cl)c(Br)c1)[N+](=O)[O-]. The lowest BCUT2D eigenvalue weighted by Crippen LogP contribution is -1.96. The Morgan fingerprint density at radius 3 is 2.80 bits per heavy atom. The molecule has 0 aliphatic heterocycles. The van der Waals surface area contributed by atoms with Crippen molar-refractivity contribution >= 4 is 33.6 Å². The van der Waals surface area contributed by atoms with Crippen LogP contribution in [0, 0.1) is 10.1 Å². The molecule has 0 radical (unpaired) electrons. The minimum atomic E-state index is -0.373. The topological polar surface area (TPSA) is 43.1 Å². The van der Waals surface area contributed by atoms with Crippen molar-refractivity contribution in [1.82, 2.24) is 0 Å². The second-order valence-corrected chi connectivity index (χ2v) is 4.18. The van der Waals surface area contributed by atoms with Crippen molar-refractivity contribution in [3.63, 3.8) is 0 Å². The summed E-state index contributed by atoms with van der Waals surface area (Å²) in [6.07, 6.45) is 1.94. The smallest absolute Gasteiger partial charge is 0.246 e. The molecule has 80 valence electrons. The molecule has 0 atom stereocenters. The van der Waals surface area contributed by atoms with Crippen molar-refractivity contribution in [2.75, 3.05) is 0 Å². The number of rotatable bonds is 3. The van der Waals surface area contributed by atoms with E-state index < -0.39 is 0 Å². The highest BCUT2D eigenvalue weighted by Crippen LogP contribution is 2.24. The molecule has 0 spiro atoms. The van der Waals surface area contributed by atoms with Crippen molar-refractivity contribution in [3.8, 4) is 0 Å². The first-order chi connectivity index (χ1) is 7.04. The predicted octanol–water partition coefficient (Wildman–Crippen LogP) is 4.13. The van der Waals surface area contributed by atoms with E-state index in [0.717, 1.165) is 10.0 Å². The molecular weight excluding hydrogens is 281 g/mol. The van der Waals surface area contributed by atoms with Gasteiger partial charge >= 0.3 is 0 Å². The minimum Gasteiger partial charge on any atom is -0.259 e. The van der Waals surface area contributed by atoms with Gasteiger partial charge in [-0.05, 0) is 33.6 Å². The summed E-state index contributed by atoms with van der Waals surface area (Å²) >= 11 is 9.08. The molecule has 0 heterocycles. The van der Waals surface area contributed by atoms with Crippen LogP contribution in [0.25, 0.3) is 6.08 Å². The Morgan fingerprint density at radius 2 is 2.33 bits per heavy atom. The zero-order valence-corrected chi connectivity index (χ0v) is 10.4. The fourth-order valence-electron chi connectivity index (χ4n) is 1.08. The summed E-state index contributed by atoms with van der Waals surface area (Å²) < 4.78 is 0.733. The summed E-state index contributed by atoms with van der Waals surface area (Å²) in [4.78, 5) is 10.2. The first-order valence-corrected chi connectivity index (χ1v) is 5.51. The number of nitrogens with zero attached hydrogens (tertiary/aromatic N) is 1. The van der Waals surface area contributed by atoms with Gasteiger partial charge in [-0.15, -0.1) is 0 Å². The minimum absolute atomic E-state index is 0.184. The maximum absolute atomic E-state index is 10.6. The molecule has 0 aliphatic carbocycles. The van der Waals surface area contributed by atoms with Crippen LogP contribution < -0.4 is 0 Å². The van der Waals surface area contributed by atoms with Crippen molar-refractivity contribution in [3.05, 3.63) is 49.1 Å². The van der Waals surface area contributed by atoms with Gasteiger partial charge in [-0.3, -0.25) is 10.1 Å². The van der Waals surface area contributed by atoms with Crippen LogP contribution in [0.2, 0.25) is 5.02 Å². The lowest BCUT2D eigenvalue weighted by Gasteiger charge is -1.98. The normalized spacial score (nSPS) is 11.5. The van der Waals surface area contributed by atoms with Crippen molar-refractivity contribution in [1.29, 1.82) is 0 Å². The summed E-state index contributed by atoms with van der Waals surface area (Å²) in [7, 11) is 0. The summed E-state index contributed by atoms with van der Waals surface area (Å²) in [6.45, 7) is 1.75. The lowest BCUT2D eigenvalue weighted by molar-refractivity contribution is -0.425. The van der Waals surface area contributed by atoms with Crippen molar-refractivity contribution in [2.45, 2.75) is 13.3 Å². The van der Waals surface area contributed by atoms with Gasteiger partial charge in [0.1, 0.15) is 0 Å². The molecule has 0 unspecified atom stereocenters. The molecule has 0 amide bonds. The molecule has 0 aliphatic rings. The van der Waals surface area contributed by atoms with Crippen LogP contribution in [0.1, 0.15) is 18.9 Å². The van der Waals surface area contributed by atoms with E-state index in [0.29, 0.717) is 11.4 Å². The van der Waals surface area contributed by atoms with Crippen LogP contribution in [0.4, 0.5) is 0 Å². The molecule has 0 bridgehead atoms. The van der Waals surface area contributed by atoms with Gasteiger partial charge in [-0.1, -0.05) is 24.6 Å². The second kappa shape index (κ2) is 5.28. The zero-order chi connectivity index (χ0) is 11.4. The van der Waals surface area contributed by atoms with Crippen LogP contribution in [0.3, 0.4) is 0 Å². The number of allylic oxidation sites excluding steroid dienone is 1. The summed E-state index contributed by atoms with van der Waals surface area (Å²) in [5, 5.41) is 11.2. The van der Waals surface area contributed by atoms with E-state index >= 15 is 0 Å². The third-order valence-electron chi connectivity index (χ3n) is 1.87. The quantitative estimate of drug-likeness (QED) is 0.620. The summed E-state index contributed by atoms with van der Waals surface area (Å²) in [5.41, 5.74) is 0.948. The number of nitro groups is 1. The van der Waals surface area contributed by atoms with Crippen molar-refractivity contribution < 1.29 is 4.92 Å². The van der Waals surface area contributed by atoms with E-state index in [4.69, 9.17) is 11.6 Å². The van der Waals surface area contributed by atoms with E-state index in [1.807, 2.05) is 0 Å². The Kier molecular flexibility index (Phi) is 4.29. The molecule has 1 aromatic carbocycles. The van der Waals surface area contributed by atoms with Gasteiger partial charge in [-0.2, -0.15) is 0 Å². The third kappa shape index (κ3) is 3.32. The maximum Gasteiger partial charge on any atom is 0.246 e. The fourth-order valence-corrected chi connectivity index (χ4v) is 1.59. The monoisotopic (exact) mass is 289 g/mol. The molecule has 15 heavy (non-hydrogen) atoms. The second-order valence-electron chi connectivity index (χ2n) is 2.92. The van der Waals surface area contributed by atoms with Gasteiger partial charge in [-0.25, -0.2) is 0 Å². The van der Waals surface area contributed by atoms with Crippen LogP contribution in [0.15, 0.2) is 28.4 Å². The van der Waals surface area contributed by atoms with Gasteiger partial charge in [0.15, 0.2) is 0 Å². The highest BCUT2D eigenvalue weighted by atomic mass is 79.9. The molecule has 1 rings (SSSR count). The molecule has 0 aromatic heterocycles. The zero-order valence-electron chi connectivity index (χ0n) is 8.04. The standard InChI is InChI=1S/C10H9BrClNO2/c1-2-8(13(14)15)5-7-3-4-10(12)9(11)6-7/h3-6H,2H2,1H3/b8-5-. The molecule has 5 heteroatoms. The molecule has 3 nitrogen and oxygen atoms in total. The van der Waals surface area contributed by atoms with Crippen molar-refractivity contribution in [2.24, 2.45) is 0 Å². The van der Waals surface area contributed by atoms with Gasteiger partial charge in [0.05, 0.1) is 9.95 Å². The maximum atomic E-state index is 10.6. The van der Waals surface area contributed by atoms with E-state index in [1.54, 1.807) is 31.2 Å².